The number of aromatic hydroxyl groups is 1. The number of non-ortho nitro benzene ring substituents is 1. The van der Waals surface area contributed by atoms with E-state index in [-0.39, 0.29) is 22.6 Å². The number of nitro benzene ring substituents is 1. The normalized spacial score (nSPS) is 11.8. The average molecular weight is 366 g/mol. The van der Waals surface area contributed by atoms with Gasteiger partial charge < -0.3 is 20.7 Å². The number of phenols is 1. The van der Waals surface area contributed by atoms with Crippen LogP contribution in [0.5, 0.6) is 11.5 Å². The molecule has 27 heavy (non-hydrogen) atoms. The fraction of sp³-hybridized carbons (Fsp3) is 0.100. The van der Waals surface area contributed by atoms with Gasteiger partial charge in [0.1, 0.15) is 17.6 Å². The highest BCUT2D eigenvalue weighted by atomic mass is 16.6. The third-order valence-corrected chi connectivity index (χ3v) is 4.28. The fourth-order valence-electron chi connectivity index (χ4n) is 2.89. The molecule has 3 aromatic rings. The Labute approximate surface area is 155 Å². The van der Waals surface area contributed by atoms with Crippen molar-refractivity contribution in [3.63, 3.8) is 0 Å². The van der Waals surface area contributed by atoms with Crippen LogP contribution in [-0.4, -0.2) is 22.2 Å². The van der Waals surface area contributed by atoms with Gasteiger partial charge in [0.05, 0.1) is 17.6 Å². The number of nitrogens with two attached hydrogens (primary N) is 1. The molecule has 3 aromatic carbocycles. The number of nitrogens with zero attached hydrogens (tertiary/aromatic N) is 1. The summed E-state index contributed by atoms with van der Waals surface area (Å²) in [5.41, 5.74) is 7.60. The van der Waals surface area contributed by atoms with Crippen LogP contribution in [0.15, 0.2) is 60.7 Å². The minimum atomic E-state index is -1.10. The standard InChI is InChI=1S/C20H18N2O5/c1-27-17-10-9-16(19(23)12-5-7-14(21)8-6-12)20(24)18(17)13-3-2-4-15(11-13)22(25)26/h2-11,19,23-24H,21H2,1H3. The van der Waals surface area contributed by atoms with Crippen LogP contribution in [-0.2, 0) is 0 Å². The number of methoxy groups -OCH3 is 1. The number of nitrogen functional groups attached to an aromatic ring is 1. The second-order valence-electron chi connectivity index (χ2n) is 5.96. The van der Waals surface area contributed by atoms with E-state index in [1.807, 2.05) is 0 Å². The molecule has 0 heterocycles. The first kappa shape index (κ1) is 18.2. The SMILES string of the molecule is COc1ccc(C(O)c2ccc(N)cc2)c(O)c1-c1cccc([N+](=O)[O-])c1. The summed E-state index contributed by atoms with van der Waals surface area (Å²) in [6.45, 7) is 0. The predicted molar refractivity (Wildman–Crippen MR) is 102 cm³/mol. The Bertz CT molecular complexity index is 986. The molecule has 0 aliphatic rings. The number of aliphatic hydroxyl groups excluding tert-OH is 1. The summed E-state index contributed by atoms with van der Waals surface area (Å²) < 4.78 is 5.31. The minimum Gasteiger partial charge on any atom is -0.507 e. The number of anilines is 1. The molecule has 0 spiro atoms. The monoisotopic (exact) mass is 366 g/mol. The molecule has 4 N–H and O–H groups in total. The second-order valence-corrected chi connectivity index (χ2v) is 5.96. The van der Waals surface area contributed by atoms with Crippen molar-refractivity contribution >= 4 is 11.4 Å². The molecule has 138 valence electrons. The van der Waals surface area contributed by atoms with Gasteiger partial charge in [-0.05, 0) is 35.4 Å². The lowest BCUT2D eigenvalue weighted by atomic mass is 9.94. The summed E-state index contributed by atoms with van der Waals surface area (Å²) in [6, 6.07) is 15.6. The van der Waals surface area contributed by atoms with Crippen molar-refractivity contribution in [3.05, 3.63) is 81.9 Å². The maximum Gasteiger partial charge on any atom is 0.270 e. The molecular weight excluding hydrogens is 348 g/mol. The lowest BCUT2D eigenvalue weighted by Crippen LogP contribution is -2.02. The second kappa shape index (κ2) is 7.35. The van der Waals surface area contributed by atoms with Crippen LogP contribution in [0.3, 0.4) is 0 Å². The Morgan fingerprint density at radius 2 is 1.81 bits per heavy atom. The van der Waals surface area contributed by atoms with Crippen LogP contribution >= 0.6 is 0 Å². The first-order chi connectivity index (χ1) is 12.9. The average Bonchev–Trinajstić information content (AvgIpc) is 2.67. The van der Waals surface area contributed by atoms with Crippen LogP contribution in [0.4, 0.5) is 11.4 Å². The zero-order chi connectivity index (χ0) is 19.6. The van der Waals surface area contributed by atoms with Crippen molar-refractivity contribution in [1.82, 2.24) is 0 Å². The smallest absolute Gasteiger partial charge is 0.270 e. The maximum absolute atomic E-state index is 11.1. The molecule has 0 bridgehead atoms. The Hall–Kier alpha value is -3.58. The van der Waals surface area contributed by atoms with Crippen molar-refractivity contribution in [2.75, 3.05) is 12.8 Å². The highest BCUT2D eigenvalue weighted by molar-refractivity contribution is 5.79. The fourth-order valence-corrected chi connectivity index (χ4v) is 2.89. The van der Waals surface area contributed by atoms with Gasteiger partial charge in [0.15, 0.2) is 0 Å². The molecule has 0 aromatic heterocycles. The Morgan fingerprint density at radius 1 is 1.11 bits per heavy atom. The highest BCUT2D eigenvalue weighted by Gasteiger charge is 2.22. The predicted octanol–water partition coefficient (Wildman–Crippen LogP) is 3.64. The third kappa shape index (κ3) is 3.54. The number of aliphatic hydroxyl groups is 1. The lowest BCUT2D eigenvalue weighted by Gasteiger charge is -2.18. The first-order valence-corrected chi connectivity index (χ1v) is 8.10. The zero-order valence-electron chi connectivity index (χ0n) is 14.5. The van der Waals surface area contributed by atoms with Gasteiger partial charge in [0.2, 0.25) is 0 Å². The summed E-state index contributed by atoms with van der Waals surface area (Å²) in [4.78, 5) is 10.6. The summed E-state index contributed by atoms with van der Waals surface area (Å²) in [6.07, 6.45) is -1.10. The van der Waals surface area contributed by atoms with Gasteiger partial charge in [-0.1, -0.05) is 24.3 Å². The molecule has 0 aliphatic heterocycles. The number of rotatable bonds is 5. The van der Waals surface area contributed by atoms with E-state index in [0.717, 1.165) is 0 Å². The van der Waals surface area contributed by atoms with Crippen molar-refractivity contribution < 1.29 is 19.9 Å². The van der Waals surface area contributed by atoms with Crippen LogP contribution in [0.2, 0.25) is 0 Å². The van der Waals surface area contributed by atoms with Crippen LogP contribution in [0.1, 0.15) is 17.2 Å². The van der Waals surface area contributed by atoms with E-state index in [1.54, 1.807) is 42.5 Å². The molecule has 0 amide bonds. The van der Waals surface area contributed by atoms with E-state index < -0.39 is 11.0 Å². The van der Waals surface area contributed by atoms with Gasteiger partial charge in [-0.15, -0.1) is 0 Å². The lowest BCUT2D eigenvalue weighted by molar-refractivity contribution is -0.384. The number of ether oxygens (including phenoxy) is 1. The number of hydrogen-bond acceptors (Lipinski definition) is 6. The molecule has 7 nitrogen and oxygen atoms in total. The molecular formula is C20H18N2O5. The number of benzene rings is 3. The van der Waals surface area contributed by atoms with Gasteiger partial charge in [0, 0.05) is 23.4 Å². The van der Waals surface area contributed by atoms with E-state index >= 15 is 0 Å². The topological polar surface area (TPSA) is 119 Å². The van der Waals surface area contributed by atoms with Gasteiger partial charge in [0.25, 0.3) is 5.69 Å². The minimum absolute atomic E-state index is 0.113. The van der Waals surface area contributed by atoms with E-state index in [9.17, 15) is 20.3 Å². The van der Waals surface area contributed by atoms with Crippen LogP contribution in [0.25, 0.3) is 11.1 Å². The van der Waals surface area contributed by atoms with E-state index in [0.29, 0.717) is 22.6 Å². The summed E-state index contributed by atoms with van der Waals surface area (Å²) in [5, 5.41) is 32.6. The van der Waals surface area contributed by atoms with Crippen LogP contribution < -0.4 is 10.5 Å². The quantitative estimate of drug-likeness (QED) is 0.360. The molecule has 3 rings (SSSR count). The van der Waals surface area contributed by atoms with E-state index in [1.165, 1.54) is 25.3 Å². The Balaban J connectivity index is 2.14. The molecule has 0 aliphatic carbocycles. The van der Waals surface area contributed by atoms with Crippen molar-refractivity contribution in [2.45, 2.75) is 6.10 Å². The number of nitro groups is 1. The molecule has 1 unspecified atom stereocenters. The largest absolute Gasteiger partial charge is 0.507 e. The zero-order valence-corrected chi connectivity index (χ0v) is 14.5. The third-order valence-electron chi connectivity index (χ3n) is 4.28. The van der Waals surface area contributed by atoms with E-state index in [4.69, 9.17) is 10.5 Å². The van der Waals surface area contributed by atoms with Gasteiger partial charge in [-0.3, -0.25) is 10.1 Å². The number of phenolic OH excluding ortho intramolecular Hbond substituents is 1. The molecule has 0 radical (unpaired) electrons. The van der Waals surface area contributed by atoms with Crippen LogP contribution in [0, 0.1) is 10.1 Å². The Morgan fingerprint density at radius 3 is 2.44 bits per heavy atom. The molecule has 0 saturated heterocycles. The number of hydrogen-bond donors (Lipinski definition) is 3. The molecule has 0 fully saturated rings. The van der Waals surface area contributed by atoms with E-state index in [2.05, 4.69) is 0 Å². The molecule has 7 heteroatoms. The molecule has 0 saturated carbocycles. The van der Waals surface area contributed by atoms with Gasteiger partial charge >= 0.3 is 0 Å². The summed E-state index contributed by atoms with van der Waals surface area (Å²) in [7, 11) is 1.44. The van der Waals surface area contributed by atoms with Crippen molar-refractivity contribution in [2.24, 2.45) is 0 Å². The highest BCUT2D eigenvalue weighted by Crippen LogP contribution is 2.44. The maximum atomic E-state index is 11.1. The van der Waals surface area contributed by atoms with Crippen molar-refractivity contribution in [1.29, 1.82) is 0 Å². The molecule has 1 atom stereocenters. The first-order valence-electron chi connectivity index (χ1n) is 8.10. The van der Waals surface area contributed by atoms with Gasteiger partial charge in [-0.2, -0.15) is 0 Å². The summed E-state index contributed by atoms with van der Waals surface area (Å²) >= 11 is 0. The summed E-state index contributed by atoms with van der Waals surface area (Å²) in [5.74, 6) is 0.125. The van der Waals surface area contributed by atoms with Gasteiger partial charge in [-0.25, -0.2) is 0 Å². The Kier molecular flexibility index (Phi) is 4.96. The van der Waals surface area contributed by atoms with Crippen molar-refractivity contribution in [3.8, 4) is 22.6 Å².